The Bertz CT molecular complexity index is 1170. The number of ether oxygens (including phenoxy) is 3. The second-order valence-corrected chi connectivity index (χ2v) is 9.82. The van der Waals surface area contributed by atoms with Crippen molar-refractivity contribution >= 4 is 61.5 Å². The van der Waals surface area contributed by atoms with Crippen LogP contribution in [0.2, 0.25) is 0 Å². The molecule has 1 aliphatic rings. The Morgan fingerprint density at radius 1 is 1.14 bits per heavy atom. The molecular weight excluding hydrogens is 612 g/mol. The number of amides is 3. The van der Waals surface area contributed by atoms with Crippen molar-refractivity contribution in [3.05, 3.63) is 50.4 Å². The second kappa shape index (κ2) is 14.1. The normalized spacial score (nSPS) is 14.9. The quantitative estimate of drug-likeness (QED) is 0.207. The summed E-state index contributed by atoms with van der Waals surface area (Å²) in [4.78, 5) is 36.3. The van der Waals surface area contributed by atoms with Gasteiger partial charge < -0.3 is 24.8 Å². The number of carbonyl (C=O) groups excluding carboxylic acids is 3. The summed E-state index contributed by atoms with van der Waals surface area (Å²) in [5, 5.41) is 9.17. The van der Waals surface area contributed by atoms with E-state index in [-0.39, 0.29) is 25.2 Å². The van der Waals surface area contributed by atoms with Crippen molar-refractivity contribution in [2.75, 3.05) is 31.7 Å². The lowest BCUT2D eigenvalue weighted by Gasteiger charge is -2.15. The van der Waals surface area contributed by atoms with Gasteiger partial charge in [-0.25, -0.2) is 5.43 Å². The van der Waals surface area contributed by atoms with Gasteiger partial charge in [-0.15, -0.1) is 0 Å². The number of rotatable bonds is 10. The lowest BCUT2D eigenvalue weighted by molar-refractivity contribution is -0.139. The van der Waals surface area contributed by atoms with Crippen LogP contribution in [-0.4, -0.2) is 56.4 Å². The zero-order valence-electron chi connectivity index (χ0n) is 20.4. The number of aryl methyl sites for hydroxylation is 1. The molecule has 12 heteroatoms. The summed E-state index contributed by atoms with van der Waals surface area (Å²) in [5.74, 6) is -1.28. The first-order valence-electron chi connectivity index (χ1n) is 11.6. The predicted octanol–water partition coefficient (Wildman–Crippen LogP) is 3.68. The summed E-state index contributed by atoms with van der Waals surface area (Å²) < 4.78 is 18.3. The van der Waals surface area contributed by atoms with Crippen molar-refractivity contribution in [3.8, 4) is 11.5 Å². The first-order valence-corrected chi connectivity index (χ1v) is 13.2. The fourth-order valence-electron chi connectivity index (χ4n) is 3.43. The molecule has 0 unspecified atom stereocenters. The van der Waals surface area contributed by atoms with Gasteiger partial charge in [0, 0.05) is 23.3 Å². The molecule has 198 valence electrons. The van der Waals surface area contributed by atoms with Gasteiger partial charge in [0.25, 0.3) is 5.91 Å². The number of carbonyl (C=O) groups is 3. The predicted molar refractivity (Wildman–Crippen MR) is 146 cm³/mol. The number of hydrazone groups is 1. The highest BCUT2D eigenvalue weighted by Gasteiger charge is 2.19. The number of benzene rings is 2. The smallest absolute Gasteiger partial charge is 0.329 e. The number of nitrogens with one attached hydrogen (secondary N) is 3. The molecule has 1 fully saturated rings. The zero-order chi connectivity index (χ0) is 26.8. The van der Waals surface area contributed by atoms with E-state index < -0.39 is 11.8 Å². The van der Waals surface area contributed by atoms with E-state index in [1.54, 1.807) is 18.2 Å². The summed E-state index contributed by atoms with van der Waals surface area (Å²) in [6.45, 7) is 4.81. The van der Waals surface area contributed by atoms with Gasteiger partial charge >= 0.3 is 11.8 Å². The topological polar surface area (TPSA) is 127 Å². The minimum atomic E-state index is -0.884. The van der Waals surface area contributed by atoms with Crippen molar-refractivity contribution in [2.45, 2.75) is 32.8 Å². The van der Waals surface area contributed by atoms with Gasteiger partial charge in [0.05, 0.1) is 23.4 Å². The van der Waals surface area contributed by atoms with Crippen LogP contribution in [-0.2, 0) is 19.1 Å². The van der Waals surface area contributed by atoms with E-state index in [2.05, 4.69) is 53.0 Å². The fraction of sp³-hybridized carbons (Fsp3) is 0.360. The SMILES string of the molecule is CCOc1cc(/C=N\NC(=O)C(=O)NC[C@@H]2CCCO2)cc(Br)c1OCC(=O)Nc1ccc(Br)c(C)c1. The Kier molecular flexibility index (Phi) is 10.9. The van der Waals surface area contributed by atoms with Gasteiger partial charge in [-0.2, -0.15) is 5.10 Å². The van der Waals surface area contributed by atoms with Crippen LogP contribution >= 0.6 is 31.9 Å². The van der Waals surface area contributed by atoms with Crippen molar-refractivity contribution in [3.63, 3.8) is 0 Å². The molecule has 3 rings (SSSR count). The van der Waals surface area contributed by atoms with Crippen LogP contribution in [0.5, 0.6) is 11.5 Å². The molecule has 0 radical (unpaired) electrons. The summed E-state index contributed by atoms with van der Waals surface area (Å²) in [5.41, 5.74) is 4.42. The standard InChI is InChI=1S/C25H28Br2N4O6/c1-3-35-21-11-16(12-29-31-25(34)24(33)28-13-18-5-4-8-36-18)10-20(27)23(21)37-14-22(32)30-17-6-7-19(26)15(2)9-17/h6-7,9-12,18H,3-5,8,13-14H2,1-2H3,(H,28,33)(H,30,32)(H,31,34)/b29-12-/t18-/m0/s1. The molecule has 37 heavy (non-hydrogen) atoms. The molecule has 10 nitrogen and oxygen atoms in total. The molecule has 0 aliphatic carbocycles. The molecule has 3 amide bonds. The Hall–Kier alpha value is -2.96. The second-order valence-electron chi connectivity index (χ2n) is 8.11. The summed E-state index contributed by atoms with van der Waals surface area (Å²) in [6, 6.07) is 8.82. The van der Waals surface area contributed by atoms with Crippen LogP contribution in [0.4, 0.5) is 5.69 Å². The Balaban J connectivity index is 1.57. The van der Waals surface area contributed by atoms with E-state index in [4.69, 9.17) is 14.2 Å². The van der Waals surface area contributed by atoms with Crippen molar-refractivity contribution in [2.24, 2.45) is 5.10 Å². The summed E-state index contributed by atoms with van der Waals surface area (Å²) >= 11 is 6.86. The van der Waals surface area contributed by atoms with Crippen LogP contribution in [0.3, 0.4) is 0 Å². The van der Waals surface area contributed by atoms with E-state index in [0.29, 0.717) is 40.4 Å². The van der Waals surface area contributed by atoms with Crippen molar-refractivity contribution in [1.29, 1.82) is 0 Å². The van der Waals surface area contributed by atoms with Crippen LogP contribution in [0.15, 0.2) is 44.4 Å². The number of nitrogens with zero attached hydrogens (tertiary/aromatic N) is 1. The molecule has 0 saturated carbocycles. The molecule has 1 saturated heterocycles. The fourth-order valence-corrected chi connectivity index (χ4v) is 4.25. The first kappa shape index (κ1) is 28.6. The third-order valence-corrected chi connectivity index (χ3v) is 6.70. The van der Waals surface area contributed by atoms with Gasteiger partial charge in [-0.1, -0.05) is 15.9 Å². The van der Waals surface area contributed by atoms with E-state index in [1.807, 2.05) is 26.0 Å². The first-order chi connectivity index (χ1) is 17.8. The molecule has 0 aromatic heterocycles. The minimum Gasteiger partial charge on any atom is -0.490 e. The third-order valence-electron chi connectivity index (χ3n) is 5.22. The number of halogens is 2. The molecule has 0 spiro atoms. The monoisotopic (exact) mass is 638 g/mol. The molecule has 3 N–H and O–H groups in total. The maximum Gasteiger partial charge on any atom is 0.329 e. The van der Waals surface area contributed by atoms with Crippen molar-refractivity contribution in [1.82, 2.24) is 10.7 Å². The highest BCUT2D eigenvalue weighted by Crippen LogP contribution is 2.36. The molecule has 2 aromatic carbocycles. The largest absolute Gasteiger partial charge is 0.490 e. The van der Waals surface area contributed by atoms with Gasteiger partial charge in [-0.05, 0) is 84.1 Å². The number of hydrogen-bond acceptors (Lipinski definition) is 7. The van der Waals surface area contributed by atoms with Crippen LogP contribution in [0.25, 0.3) is 0 Å². The van der Waals surface area contributed by atoms with Gasteiger partial charge in [0.15, 0.2) is 18.1 Å². The van der Waals surface area contributed by atoms with E-state index in [9.17, 15) is 14.4 Å². The van der Waals surface area contributed by atoms with Gasteiger partial charge in [-0.3, -0.25) is 14.4 Å². The Morgan fingerprint density at radius 2 is 1.95 bits per heavy atom. The lowest BCUT2D eigenvalue weighted by Crippen LogP contribution is -2.41. The Morgan fingerprint density at radius 3 is 2.65 bits per heavy atom. The molecule has 1 atom stereocenters. The Labute approximate surface area is 231 Å². The zero-order valence-corrected chi connectivity index (χ0v) is 23.6. The highest BCUT2D eigenvalue weighted by atomic mass is 79.9. The maximum absolute atomic E-state index is 12.4. The summed E-state index contributed by atoms with van der Waals surface area (Å²) in [7, 11) is 0. The average molecular weight is 640 g/mol. The van der Waals surface area contributed by atoms with E-state index in [0.717, 1.165) is 22.9 Å². The van der Waals surface area contributed by atoms with Crippen LogP contribution < -0.4 is 25.5 Å². The average Bonchev–Trinajstić information content (AvgIpc) is 3.38. The van der Waals surface area contributed by atoms with E-state index in [1.165, 1.54) is 6.21 Å². The highest BCUT2D eigenvalue weighted by molar-refractivity contribution is 9.10. The summed E-state index contributed by atoms with van der Waals surface area (Å²) in [6.07, 6.45) is 3.10. The van der Waals surface area contributed by atoms with Crippen LogP contribution in [0.1, 0.15) is 30.9 Å². The molecule has 0 bridgehead atoms. The van der Waals surface area contributed by atoms with Crippen molar-refractivity contribution < 1.29 is 28.6 Å². The minimum absolute atomic E-state index is 0.0636. The third kappa shape index (κ3) is 8.83. The number of anilines is 1. The molecular formula is C25H28Br2N4O6. The van der Waals surface area contributed by atoms with Crippen LogP contribution in [0, 0.1) is 6.92 Å². The molecule has 1 aliphatic heterocycles. The number of hydrogen-bond donors (Lipinski definition) is 3. The van der Waals surface area contributed by atoms with E-state index >= 15 is 0 Å². The molecule has 2 aromatic rings. The van der Waals surface area contributed by atoms with Gasteiger partial charge in [0.2, 0.25) is 0 Å². The van der Waals surface area contributed by atoms with Gasteiger partial charge in [0.1, 0.15) is 0 Å². The molecule has 1 heterocycles. The maximum atomic E-state index is 12.4. The lowest BCUT2D eigenvalue weighted by atomic mass is 10.2.